The molecule has 0 fully saturated rings. The van der Waals surface area contributed by atoms with Gasteiger partial charge in [0.15, 0.2) is 5.82 Å². The van der Waals surface area contributed by atoms with Crippen molar-refractivity contribution in [1.82, 2.24) is 14.3 Å². The Bertz CT molecular complexity index is 628. The Morgan fingerprint density at radius 1 is 1.25 bits per heavy atom. The summed E-state index contributed by atoms with van der Waals surface area (Å²) in [5.41, 5.74) is 0.359. The molecule has 2 aromatic heterocycles. The van der Waals surface area contributed by atoms with Crippen LogP contribution in [0.2, 0.25) is 0 Å². The van der Waals surface area contributed by atoms with Crippen molar-refractivity contribution in [3.63, 3.8) is 0 Å². The van der Waals surface area contributed by atoms with Crippen molar-refractivity contribution in [1.29, 1.82) is 0 Å². The zero-order valence-electron chi connectivity index (χ0n) is 12.0. The summed E-state index contributed by atoms with van der Waals surface area (Å²) in [4.78, 5) is 21.2. The number of amides is 1. The maximum absolute atomic E-state index is 11.6. The smallest absolute Gasteiger partial charge is 0.414 e. The summed E-state index contributed by atoms with van der Waals surface area (Å²) in [5.74, 6) is 0.587. The van der Waals surface area contributed by atoms with Crippen LogP contribution in [0.4, 0.5) is 9.93 Å². The zero-order valence-corrected chi connectivity index (χ0v) is 13.6. The molecule has 0 saturated carbocycles. The van der Waals surface area contributed by atoms with Crippen LogP contribution in [-0.2, 0) is 4.74 Å². The Kier molecular flexibility index (Phi) is 4.05. The molecule has 20 heavy (non-hydrogen) atoms. The highest BCUT2D eigenvalue weighted by Gasteiger charge is 2.18. The summed E-state index contributed by atoms with van der Waals surface area (Å²) in [6.07, 6.45) is -0.530. The molecule has 2 heterocycles. The van der Waals surface area contributed by atoms with E-state index in [0.717, 1.165) is 27.1 Å². The van der Waals surface area contributed by atoms with Gasteiger partial charge in [-0.05, 0) is 34.6 Å². The van der Waals surface area contributed by atoms with Gasteiger partial charge < -0.3 is 4.74 Å². The Morgan fingerprint density at radius 2 is 1.95 bits per heavy atom. The second-order valence-corrected chi connectivity index (χ2v) is 7.15. The number of carbonyl (C=O) groups is 1. The first kappa shape index (κ1) is 14.9. The molecule has 0 bridgehead atoms. The van der Waals surface area contributed by atoms with E-state index in [9.17, 15) is 4.79 Å². The number of hydrogen-bond donors (Lipinski definition) is 1. The van der Waals surface area contributed by atoms with Gasteiger partial charge in [-0.1, -0.05) is 0 Å². The minimum atomic E-state index is -0.539. The number of nitrogens with one attached hydrogen (secondary N) is 1. The van der Waals surface area contributed by atoms with Gasteiger partial charge in [-0.3, -0.25) is 5.32 Å². The van der Waals surface area contributed by atoms with E-state index in [1.54, 1.807) is 0 Å². The fraction of sp³-hybridized carbons (Fsp3) is 0.500. The average molecular weight is 312 g/mol. The quantitative estimate of drug-likeness (QED) is 0.916. The third-order valence-electron chi connectivity index (χ3n) is 2.14. The Hall–Kier alpha value is -1.54. The summed E-state index contributed by atoms with van der Waals surface area (Å²) in [6, 6.07) is 0. The molecule has 108 valence electrons. The van der Waals surface area contributed by atoms with Gasteiger partial charge in [-0.2, -0.15) is 9.36 Å². The molecule has 1 N–H and O–H groups in total. The second-order valence-electron chi connectivity index (χ2n) is 5.20. The lowest BCUT2D eigenvalue weighted by Gasteiger charge is -2.18. The molecular weight excluding hydrogens is 296 g/mol. The van der Waals surface area contributed by atoms with Crippen molar-refractivity contribution in [3.8, 4) is 10.7 Å². The van der Waals surface area contributed by atoms with E-state index >= 15 is 0 Å². The fourth-order valence-electron chi connectivity index (χ4n) is 1.50. The highest BCUT2D eigenvalue weighted by atomic mass is 32.1. The van der Waals surface area contributed by atoms with E-state index < -0.39 is 11.7 Å². The van der Waals surface area contributed by atoms with Crippen molar-refractivity contribution in [3.05, 3.63) is 10.7 Å². The minimum Gasteiger partial charge on any atom is -0.444 e. The van der Waals surface area contributed by atoms with Crippen LogP contribution >= 0.6 is 22.9 Å². The molecule has 2 aromatic rings. The molecule has 0 aliphatic heterocycles. The summed E-state index contributed by atoms with van der Waals surface area (Å²) >= 11 is 2.66. The van der Waals surface area contributed by atoms with E-state index in [-0.39, 0.29) is 0 Å². The standard InChI is InChI=1S/C12H16N4O2S2/c1-6-8(19-7(2)13-6)9-14-10(20-16-9)15-11(17)18-12(3,4)5/h1-5H3,(H,14,15,16,17). The molecule has 6 nitrogen and oxygen atoms in total. The Morgan fingerprint density at radius 3 is 2.50 bits per heavy atom. The molecule has 8 heteroatoms. The van der Waals surface area contributed by atoms with Gasteiger partial charge in [0.05, 0.1) is 15.6 Å². The number of anilines is 1. The van der Waals surface area contributed by atoms with Crippen molar-refractivity contribution in [2.75, 3.05) is 5.32 Å². The van der Waals surface area contributed by atoms with Crippen LogP contribution in [0, 0.1) is 13.8 Å². The van der Waals surface area contributed by atoms with E-state index in [2.05, 4.69) is 19.7 Å². The molecule has 1 amide bonds. The number of nitrogens with zero attached hydrogens (tertiary/aromatic N) is 3. The lowest BCUT2D eigenvalue weighted by molar-refractivity contribution is 0.0636. The normalized spacial score (nSPS) is 11.4. The van der Waals surface area contributed by atoms with Gasteiger partial charge in [-0.15, -0.1) is 11.3 Å². The van der Waals surface area contributed by atoms with Crippen LogP contribution < -0.4 is 5.32 Å². The van der Waals surface area contributed by atoms with Gasteiger partial charge in [0.25, 0.3) is 0 Å². The number of carbonyl (C=O) groups excluding carboxylic acids is 1. The monoisotopic (exact) mass is 312 g/mol. The molecular formula is C12H16N4O2S2. The maximum atomic E-state index is 11.6. The van der Waals surface area contributed by atoms with Gasteiger partial charge in [0.1, 0.15) is 5.60 Å². The molecule has 0 spiro atoms. The second kappa shape index (κ2) is 5.45. The predicted octanol–water partition coefficient (Wildman–Crippen LogP) is 3.63. The van der Waals surface area contributed by atoms with Crippen LogP contribution in [0.1, 0.15) is 31.5 Å². The number of ether oxygens (including phenoxy) is 1. The lowest BCUT2D eigenvalue weighted by atomic mass is 10.2. The van der Waals surface area contributed by atoms with Crippen LogP contribution in [0.5, 0.6) is 0 Å². The average Bonchev–Trinajstić information content (AvgIpc) is 2.82. The SMILES string of the molecule is Cc1nc(C)c(-c2nsc(NC(=O)OC(C)(C)C)n2)s1. The summed E-state index contributed by atoms with van der Waals surface area (Å²) in [5, 5.41) is 3.97. The molecule has 0 aliphatic rings. The summed E-state index contributed by atoms with van der Waals surface area (Å²) < 4.78 is 9.40. The molecule has 0 atom stereocenters. The van der Waals surface area contributed by atoms with Gasteiger partial charge in [-0.25, -0.2) is 9.78 Å². The number of aromatic nitrogens is 3. The number of hydrogen-bond acceptors (Lipinski definition) is 7. The van der Waals surface area contributed by atoms with Crippen LogP contribution in [-0.4, -0.2) is 26.0 Å². The first-order valence-corrected chi connectivity index (χ1v) is 7.62. The minimum absolute atomic E-state index is 0.416. The van der Waals surface area contributed by atoms with Gasteiger partial charge in [0, 0.05) is 11.5 Å². The van der Waals surface area contributed by atoms with Crippen LogP contribution in [0.15, 0.2) is 0 Å². The third-order valence-corrected chi connectivity index (χ3v) is 3.84. The van der Waals surface area contributed by atoms with Gasteiger partial charge in [0.2, 0.25) is 5.13 Å². The van der Waals surface area contributed by atoms with Crippen molar-refractivity contribution in [2.24, 2.45) is 0 Å². The predicted molar refractivity (Wildman–Crippen MR) is 80.3 cm³/mol. The summed E-state index contributed by atoms with van der Waals surface area (Å²) in [7, 11) is 0. The summed E-state index contributed by atoms with van der Waals surface area (Å²) in [6.45, 7) is 9.28. The van der Waals surface area contributed by atoms with Crippen molar-refractivity contribution >= 4 is 34.1 Å². The van der Waals surface area contributed by atoms with E-state index in [4.69, 9.17) is 4.74 Å². The lowest BCUT2D eigenvalue weighted by Crippen LogP contribution is -2.27. The highest BCUT2D eigenvalue weighted by Crippen LogP contribution is 2.29. The van der Waals surface area contributed by atoms with E-state index in [1.807, 2.05) is 34.6 Å². The molecule has 2 rings (SSSR count). The molecule has 0 saturated heterocycles. The Labute approximate surface area is 125 Å². The molecule has 0 radical (unpaired) electrons. The molecule has 0 aliphatic carbocycles. The number of rotatable bonds is 2. The van der Waals surface area contributed by atoms with Crippen LogP contribution in [0.25, 0.3) is 10.7 Å². The van der Waals surface area contributed by atoms with Crippen molar-refractivity contribution < 1.29 is 9.53 Å². The van der Waals surface area contributed by atoms with E-state index in [0.29, 0.717) is 11.0 Å². The first-order chi connectivity index (χ1) is 9.24. The topological polar surface area (TPSA) is 77.0 Å². The highest BCUT2D eigenvalue weighted by molar-refractivity contribution is 7.15. The fourth-order valence-corrected chi connectivity index (χ4v) is 2.97. The number of aryl methyl sites for hydroxylation is 2. The largest absolute Gasteiger partial charge is 0.444 e. The van der Waals surface area contributed by atoms with Crippen molar-refractivity contribution in [2.45, 2.75) is 40.2 Å². The third kappa shape index (κ3) is 3.73. The van der Waals surface area contributed by atoms with E-state index in [1.165, 1.54) is 11.3 Å². The Balaban J connectivity index is 2.10. The maximum Gasteiger partial charge on any atom is 0.414 e. The van der Waals surface area contributed by atoms with Gasteiger partial charge >= 0.3 is 6.09 Å². The van der Waals surface area contributed by atoms with Crippen LogP contribution in [0.3, 0.4) is 0 Å². The molecule has 0 aromatic carbocycles. The zero-order chi connectivity index (χ0) is 14.9. The molecule has 0 unspecified atom stereocenters. The number of thiazole rings is 1. The first-order valence-electron chi connectivity index (χ1n) is 6.03.